The Bertz CT molecular complexity index is 1480. The second-order valence-electron chi connectivity index (χ2n) is 9.47. The van der Waals surface area contributed by atoms with Crippen LogP contribution in [0.3, 0.4) is 0 Å². The molecule has 1 heterocycles. The number of benzene rings is 3. The lowest BCUT2D eigenvalue weighted by Crippen LogP contribution is -2.35. The summed E-state index contributed by atoms with van der Waals surface area (Å²) in [7, 11) is 1.45. The fraction of sp³-hybridized carbons (Fsp3) is 0.200. The van der Waals surface area contributed by atoms with Crippen LogP contribution in [-0.2, 0) is 21.9 Å². The highest BCUT2D eigenvalue weighted by molar-refractivity contribution is 6.12. The van der Waals surface area contributed by atoms with Crippen LogP contribution in [0.5, 0.6) is 5.75 Å². The number of rotatable bonds is 6. The molecule has 0 aliphatic carbocycles. The molecule has 3 aromatic rings. The molecule has 220 valence electrons. The molecule has 0 saturated carbocycles. The van der Waals surface area contributed by atoms with Crippen molar-refractivity contribution >= 4 is 23.2 Å². The molecule has 0 fully saturated rings. The highest BCUT2D eigenvalue weighted by Gasteiger charge is 2.37. The Labute approximate surface area is 237 Å². The number of amides is 2. The van der Waals surface area contributed by atoms with Crippen LogP contribution in [0.25, 0.3) is 0 Å². The Morgan fingerprint density at radius 3 is 1.52 bits per heavy atom. The summed E-state index contributed by atoms with van der Waals surface area (Å²) in [4.78, 5) is 27.3. The van der Waals surface area contributed by atoms with Crippen molar-refractivity contribution in [3.8, 4) is 5.75 Å². The third-order valence-corrected chi connectivity index (χ3v) is 6.59. The number of anilines is 2. The average Bonchev–Trinajstić information content (AvgIpc) is 2.92. The van der Waals surface area contributed by atoms with Crippen molar-refractivity contribution in [1.82, 2.24) is 5.32 Å². The van der Waals surface area contributed by atoms with E-state index in [1.165, 1.54) is 19.2 Å². The summed E-state index contributed by atoms with van der Waals surface area (Å²) in [5.41, 5.74) is -1.00. The van der Waals surface area contributed by atoms with E-state index >= 15 is 0 Å². The van der Waals surface area contributed by atoms with Crippen molar-refractivity contribution < 1.29 is 40.7 Å². The lowest BCUT2D eigenvalue weighted by molar-refractivity contribution is -0.138. The molecule has 0 atom stereocenters. The summed E-state index contributed by atoms with van der Waals surface area (Å²) in [6, 6.07) is 14.6. The Morgan fingerprint density at radius 1 is 0.714 bits per heavy atom. The number of hydrogen-bond acceptors (Lipinski definition) is 4. The van der Waals surface area contributed by atoms with E-state index < -0.39 is 41.2 Å². The smallest absolute Gasteiger partial charge is 0.416 e. The molecule has 0 radical (unpaired) electrons. The first-order chi connectivity index (χ1) is 19.7. The van der Waals surface area contributed by atoms with Crippen LogP contribution in [0.2, 0.25) is 0 Å². The Hall–Kier alpha value is -4.74. The van der Waals surface area contributed by atoms with Gasteiger partial charge >= 0.3 is 12.4 Å². The molecule has 6 nitrogen and oxygen atoms in total. The van der Waals surface area contributed by atoms with E-state index in [9.17, 15) is 35.9 Å². The number of alkyl halides is 6. The lowest BCUT2D eigenvalue weighted by Gasteiger charge is -2.31. The average molecular weight is 590 g/mol. The number of ether oxygens (including phenoxy) is 1. The van der Waals surface area contributed by atoms with E-state index in [1.54, 1.807) is 38.1 Å². The highest BCUT2D eigenvalue weighted by Crippen LogP contribution is 2.40. The second-order valence-corrected chi connectivity index (χ2v) is 9.47. The van der Waals surface area contributed by atoms with Crippen LogP contribution in [0.15, 0.2) is 95.3 Å². The van der Waals surface area contributed by atoms with Gasteiger partial charge in [0.05, 0.1) is 18.2 Å². The lowest BCUT2D eigenvalue weighted by atomic mass is 9.79. The summed E-state index contributed by atoms with van der Waals surface area (Å²) >= 11 is 0. The fourth-order valence-corrected chi connectivity index (χ4v) is 4.67. The molecule has 3 N–H and O–H groups in total. The zero-order valence-corrected chi connectivity index (χ0v) is 22.5. The van der Waals surface area contributed by atoms with Gasteiger partial charge in [-0.1, -0.05) is 24.3 Å². The summed E-state index contributed by atoms with van der Waals surface area (Å²) in [5, 5.41) is 7.93. The zero-order chi connectivity index (χ0) is 30.8. The van der Waals surface area contributed by atoms with Crippen LogP contribution in [0.4, 0.5) is 37.7 Å². The van der Waals surface area contributed by atoms with Crippen molar-refractivity contribution in [2.75, 3.05) is 17.7 Å². The van der Waals surface area contributed by atoms with Crippen molar-refractivity contribution in [1.29, 1.82) is 0 Å². The predicted octanol–water partition coefficient (Wildman–Crippen LogP) is 7.25. The van der Waals surface area contributed by atoms with E-state index in [0.717, 1.165) is 36.4 Å². The molecule has 4 rings (SSSR count). The van der Waals surface area contributed by atoms with Crippen LogP contribution in [-0.4, -0.2) is 18.9 Å². The minimum Gasteiger partial charge on any atom is -0.497 e. The van der Waals surface area contributed by atoms with Gasteiger partial charge in [-0.15, -0.1) is 0 Å². The molecule has 0 saturated heterocycles. The van der Waals surface area contributed by atoms with Crippen molar-refractivity contribution in [2.45, 2.75) is 32.1 Å². The zero-order valence-electron chi connectivity index (χ0n) is 22.5. The summed E-state index contributed by atoms with van der Waals surface area (Å²) < 4.78 is 84.8. The van der Waals surface area contributed by atoms with Gasteiger partial charge in [0.2, 0.25) is 0 Å². The van der Waals surface area contributed by atoms with E-state index in [4.69, 9.17) is 4.74 Å². The molecule has 42 heavy (non-hydrogen) atoms. The number of methoxy groups -OCH3 is 1. The number of carbonyl (C=O) groups is 2. The number of carbonyl (C=O) groups excluding carboxylic acids is 2. The minimum atomic E-state index is -4.64. The van der Waals surface area contributed by atoms with Gasteiger partial charge in [-0.05, 0) is 67.9 Å². The van der Waals surface area contributed by atoms with Crippen molar-refractivity contribution in [2.24, 2.45) is 0 Å². The van der Waals surface area contributed by atoms with Crippen molar-refractivity contribution in [3.05, 3.63) is 112 Å². The first-order valence-electron chi connectivity index (χ1n) is 12.5. The van der Waals surface area contributed by atoms with Crippen LogP contribution >= 0.6 is 0 Å². The van der Waals surface area contributed by atoms with Crippen molar-refractivity contribution in [3.63, 3.8) is 0 Å². The monoisotopic (exact) mass is 589 g/mol. The molecule has 0 spiro atoms. The predicted molar refractivity (Wildman–Crippen MR) is 144 cm³/mol. The second kappa shape index (κ2) is 11.6. The van der Waals surface area contributed by atoms with Gasteiger partial charge in [0.15, 0.2) is 0 Å². The molecule has 0 unspecified atom stereocenters. The van der Waals surface area contributed by atoms with Gasteiger partial charge in [0, 0.05) is 39.8 Å². The minimum absolute atomic E-state index is 0.0253. The summed E-state index contributed by atoms with van der Waals surface area (Å²) in [6.07, 6.45) is -9.27. The van der Waals surface area contributed by atoms with Gasteiger partial charge < -0.3 is 20.7 Å². The molecule has 0 aromatic heterocycles. The third-order valence-electron chi connectivity index (χ3n) is 6.59. The fourth-order valence-electron chi connectivity index (χ4n) is 4.67. The quantitative estimate of drug-likeness (QED) is 0.265. The first kappa shape index (κ1) is 30.2. The van der Waals surface area contributed by atoms with E-state index in [0.29, 0.717) is 22.7 Å². The molecule has 1 aliphatic rings. The summed E-state index contributed by atoms with van der Waals surface area (Å²) in [6.45, 7) is 3.14. The molecule has 0 bridgehead atoms. The maximum atomic E-state index is 13.6. The number of hydrogen-bond donors (Lipinski definition) is 3. The van der Waals surface area contributed by atoms with Gasteiger partial charge in [-0.25, -0.2) is 0 Å². The topological polar surface area (TPSA) is 79.5 Å². The van der Waals surface area contributed by atoms with Gasteiger partial charge in [-0.3, -0.25) is 9.59 Å². The van der Waals surface area contributed by atoms with E-state index in [-0.39, 0.29) is 22.5 Å². The van der Waals surface area contributed by atoms with E-state index in [2.05, 4.69) is 16.0 Å². The number of halogens is 6. The molecule has 3 aromatic carbocycles. The Kier molecular flexibility index (Phi) is 8.37. The van der Waals surface area contributed by atoms with Crippen LogP contribution in [0, 0.1) is 0 Å². The first-order valence-corrected chi connectivity index (χ1v) is 12.5. The highest BCUT2D eigenvalue weighted by atomic mass is 19.4. The standard InChI is InChI=1S/C30H25F6N3O3/c1-16-24(27(40)38-21-8-4-6-19(14-21)29(31,32)33)26(18-10-12-23(42-3)13-11-18)25(17(2)37-16)28(41)39-22-9-5-7-20(15-22)30(34,35)36/h4-15,26,37H,1-3H3,(H,38,40)(H,39,41). The molecule has 2 amide bonds. The van der Waals surface area contributed by atoms with Gasteiger partial charge in [0.1, 0.15) is 5.75 Å². The largest absolute Gasteiger partial charge is 0.497 e. The molecular weight excluding hydrogens is 564 g/mol. The third kappa shape index (κ3) is 6.59. The summed E-state index contributed by atoms with van der Waals surface area (Å²) in [5.74, 6) is -2.12. The molecule has 12 heteroatoms. The molecular formula is C30H25F6N3O3. The Balaban J connectivity index is 1.75. The Morgan fingerprint density at radius 2 is 1.14 bits per heavy atom. The van der Waals surface area contributed by atoms with Crippen LogP contribution < -0.4 is 20.7 Å². The maximum Gasteiger partial charge on any atom is 0.416 e. The van der Waals surface area contributed by atoms with Gasteiger partial charge in [0.25, 0.3) is 11.8 Å². The molecule has 1 aliphatic heterocycles. The SMILES string of the molecule is COc1ccc(C2C(C(=O)Nc3cccc(C(F)(F)F)c3)=C(C)NC(C)=C2C(=O)Nc2cccc(C(F)(F)F)c2)cc1. The van der Waals surface area contributed by atoms with Gasteiger partial charge in [-0.2, -0.15) is 26.3 Å². The van der Waals surface area contributed by atoms with Crippen LogP contribution in [0.1, 0.15) is 36.5 Å². The normalized spacial score (nSPS) is 14.4. The van der Waals surface area contributed by atoms with E-state index in [1.807, 2.05) is 0 Å². The number of nitrogens with one attached hydrogen (secondary N) is 3. The number of dihydropyridines is 1. The maximum absolute atomic E-state index is 13.6. The number of allylic oxidation sites excluding steroid dienone is 2.